The molecule has 1 aromatic heterocycles. The molecule has 0 aliphatic heterocycles. The highest BCUT2D eigenvalue weighted by Gasteiger charge is 2.41. The lowest BCUT2D eigenvalue weighted by Gasteiger charge is -2.36. The van der Waals surface area contributed by atoms with Gasteiger partial charge in [0.2, 0.25) is 0 Å². The topological polar surface area (TPSA) is 80.0 Å². The molecule has 2 aromatic carbocycles. The van der Waals surface area contributed by atoms with E-state index < -0.39 is 0 Å². The highest BCUT2D eigenvalue weighted by Crippen LogP contribution is 2.43. The van der Waals surface area contributed by atoms with Gasteiger partial charge in [0.25, 0.3) is 5.89 Å². The second kappa shape index (κ2) is 8.07. The van der Waals surface area contributed by atoms with Gasteiger partial charge in [-0.2, -0.15) is 4.98 Å². The summed E-state index contributed by atoms with van der Waals surface area (Å²) in [7, 11) is 0. The summed E-state index contributed by atoms with van der Waals surface area (Å²) in [6.45, 7) is 3.88. The van der Waals surface area contributed by atoms with Crippen molar-refractivity contribution in [2.75, 3.05) is 5.32 Å². The van der Waals surface area contributed by atoms with Gasteiger partial charge in [-0.1, -0.05) is 54.4 Å². The molecule has 1 fully saturated rings. The summed E-state index contributed by atoms with van der Waals surface area (Å²) in [6.07, 6.45) is 4.55. The third kappa shape index (κ3) is 4.01. The number of hydrogen-bond acceptors (Lipinski definition) is 4. The van der Waals surface area contributed by atoms with E-state index in [0.29, 0.717) is 17.4 Å². The van der Waals surface area contributed by atoms with Crippen molar-refractivity contribution in [1.82, 2.24) is 15.5 Å². The number of urea groups is 1. The normalized spacial score (nSPS) is 16.3. The van der Waals surface area contributed by atoms with Crippen LogP contribution in [0, 0.1) is 6.92 Å². The Balaban J connectivity index is 1.47. The first-order valence-electron chi connectivity index (χ1n) is 10.1. The second-order valence-electron chi connectivity index (χ2n) is 7.78. The Hall–Kier alpha value is -3.15. The van der Waals surface area contributed by atoms with Crippen LogP contribution in [0.2, 0.25) is 0 Å². The maximum absolute atomic E-state index is 12.7. The second-order valence-corrected chi connectivity index (χ2v) is 7.78. The third-order valence-electron chi connectivity index (χ3n) is 5.92. The number of rotatable bonds is 5. The van der Waals surface area contributed by atoms with Crippen LogP contribution in [0.5, 0.6) is 0 Å². The number of hydrogen-bond donors (Lipinski definition) is 2. The van der Waals surface area contributed by atoms with E-state index in [1.165, 1.54) is 18.4 Å². The number of aryl methyl sites for hydroxylation is 1. The van der Waals surface area contributed by atoms with Crippen LogP contribution >= 0.6 is 0 Å². The number of nitrogens with zero attached hydrogens (tertiary/aromatic N) is 2. The molecule has 6 nitrogen and oxygen atoms in total. The molecule has 1 heterocycles. The van der Waals surface area contributed by atoms with Gasteiger partial charge in [-0.25, -0.2) is 4.79 Å². The van der Waals surface area contributed by atoms with E-state index in [2.05, 4.69) is 52.0 Å². The fourth-order valence-electron chi connectivity index (χ4n) is 4.39. The minimum atomic E-state index is -0.210. The van der Waals surface area contributed by atoms with Gasteiger partial charge in [0.1, 0.15) is 0 Å². The van der Waals surface area contributed by atoms with Crippen molar-refractivity contribution in [3.05, 3.63) is 66.0 Å². The number of carbonyl (C=O) groups is 1. The Labute approximate surface area is 170 Å². The highest BCUT2D eigenvalue weighted by atomic mass is 16.5. The first-order chi connectivity index (χ1) is 14.1. The molecule has 2 amide bonds. The van der Waals surface area contributed by atoms with Crippen molar-refractivity contribution in [1.29, 1.82) is 0 Å². The number of nitrogens with one attached hydrogen (secondary N) is 2. The van der Waals surface area contributed by atoms with Gasteiger partial charge in [0.05, 0.1) is 0 Å². The molecule has 29 heavy (non-hydrogen) atoms. The van der Waals surface area contributed by atoms with E-state index in [1.54, 1.807) is 6.92 Å². The number of aromatic nitrogens is 2. The van der Waals surface area contributed by atoms with Crippen molar-refractivity contribution in [2.24, 2.45) is 0 Å². The van der Waals surface area contributed by atoms with Crippen LogP contribution in [0.15, 0.2) is 59.1 Å². The van der Waals surface area contributed by atoms with Crippen LogP contribution in [-0.2, 0) is 5.41 Å². The van der Waals surface area contributed by atoms with Gasteiger partial charge < -0.3 is 15.2 Å². The predicted molar refractivity (Wildman–Crippen MR) is 113 cm³/mol. The van der Waals surface area contributed by atoms with Gasteiger partial charge in [-0.15, -0.1) is 0 Å². The largest absolute Gasteiger partial charge is 0.335 e. The van der Waals surface area contributed by atoms with E-state index in [1.807, 2.05) is 30.3 Å². The average Bonchev–Trinajstić information content (AvgIpc) is 3.39. The van der Waals surface area contributed by atoms with Crippen molar-refractivity contribution in [3.63, 3.8) is 0 Å². The number of anilines is 1. The molecule has 6 heteroatoms. The Morgan fingerprint density at radius 3 is 2.55 bits per heavy atom. The molecule has 3 aromatic rings. The lowest BCUT2D eigenvalue weighted by atomic mass is 9.73. The standard InChI is InChI=1S/C23H26N4O2/c1-16(23(13-6-7-14-23)19-10-4-3-5-11-19)24-22(28)26-20-12-8-9-18(15-20)21-25-17(2)27-29-21/h3-5,8-12,15-16H,6-7,13-14H2,1-2H3,(H2,24,26,28). The fourth-order valence-corrected chi connectivity index (χ4v) is 4.39. The summed E-state index contributed by atoms with van der Waals surface area (Å²) in [4.78, 5) is 17.0. The van der Waals surface area contributed by atoms with Crippen LogP contribution in [0.25, 0.3) is 11.5 Å². The lowest BCUT2D eigenvalue weighted by Crippen LogP contribution is -2.48. The first kappa shape index (κ1) is 19.2. The molecular weight excluding hydrogens is 364 g/mol. The van der Waals surface area contributed by atoms with E-state index >= 15 is 0 Å². The number of benzene rings is 2. The molecular formula is C23H26N4O2. The van der Waals surface area contributed by atoms with Gasteiger partial charge in [0.15, 0.2) is 5.82 Å². The highest BCUT2D eigenvalue weighted by molar-refractivity contribution is 5.90. The van der Waals surface area contributed by atoms with Gasteiger partial charge >= 0.3 is 6.03 Å². The Morgan fingerprint density at radius 1 is 1.10 bits per heavy atom. The zero-order valence-corrected chi connectivity index (χ0v) is 16.8. The van der Waals surface area contributed by atoms with Gasteiger partial charge in [-0.3, -0.25) is 0 Å². The van der Waals surface area contributed by atoms with Crippen LogP contribution in [-0.4, -0.2) is 22.2 Å². The Morgan fingerprint density at radius 2 is 1.86 bits per heavy atom. The van der Waals surface area contributed by atoms with Crippen LogP contribution in [0.1, 0.15) is 44.0 Å². The maximum Gasteiger partial charge on any atom is 0.319 e. The molecule has 0 radical (unpaired) electrons. The van der Waals surface area contributed by atoms with Crippen LogP contribution < -0.4 is 10.6 Å². The SMILES string of the molecule is Cc1noc(-c2cccc(NC(=O)NC(C)C3(c4ccccc4)CCCC3)c2)n1. The van der Waals surface area contributed by atoms with E-state index in [9.17, 15) is 4.79 Å². The van der Waals surface area contributed by atoms with Crippen molar-refractivity contribution in [3.8, 4) is 11.5 Å². The zero-order valence-electron chi connectivity index (χ0n) is 16.8. The minimum absolute atomic E-state index is 0.0122. The molecule has 0 saturated heterocycles. The summed E-state index contributed by atoms with van der Waals surface area (Å²) in [5.74, 6) is 1.02. The summed E-state index contributed by atoms with van der Waals surface area (Å²) in [6, 6.07) is 17.8. The molecule has 4 rings (SSSR count). The number of amides is 2. The summed E-state index contributed by atoms with van der Waals surface area (Å²) in [5, 5.41) is 9.93. The predicted octanol–water partition coefficient (Wildman–Crippen LogP) is 5.07. The average molecular weight is 390 g/mol. The van der Waals surface area contributed by atoms with E-state index in [-0.39, 0.29) is 17.5 Å². The van der Waals surface area contributed by atoms with Crippen molar-refractivity contribution in [2.45, 2.75) is 51.0 Å². The number of carbonyl (C=O) groups excluding carboxylic acids is 1. The molecule has 0 spiro atoms. The molecule has 0 bridgehead atoms. The third-order valence-corrected chi connectivity index (χ3v) is 5.92. The van der Waals surface area contributed by atoms with E-state index in [0.717, 1.165) is 18.4 Å². The van der Waals surface area contributed by atoms with Crippen LogP contribution in [0.3, 0.4) is 0 Å². The van der Waals surface area contributed by atoms with Gasteiger partial charge in [-0.05, 0) is 50.5 Å². The first-order valence-corrected chi connectivity index (χ1v) is 10.1. The summed E-state index contributed by atoms with van der Waals surface area (Å²) in [5.41, 5.74) is 2.75. The molecule has 1 aliphatic rings. The maximum atomic E-state index is 12.7. The molecule has 1 aliphatic carbocycles. The molecule has 2 N–H and O–H groups in total. The van der Waals surface area contributed by atoms with Crippen LogP contribution in [0.4, 0.5) is 10.5 Å². The van der Waals surface area contributed by atoms with Gasteiger partial charge in [0, 0.05) is 22.7 Å². The van der Waals surface area contributed by atoms with Crippen molar-refractivity contribution < 1.29 is 9.32 Å². The molecule has 1 saturated carbocycles. The molecule has 1 unspecified atom stereocenters. The summed E-state index contributed by atoms with van der Waals surface area (Å²) >= 11 is 0. The Bertz CT molecular complexity index is 977. The summed E-state index contributed by atoms with van der Waals surface area (Å²) < 4.78 is 5.22. The molecule has 150 valence electrons. The zero-order chi connectivity index (χ0) is 20.3. The van der Waals surface area contributed by atoms with Crippen molar-refractivity contribution >= 4 is 11.7 Å². The Kier molecular flexibility index (Phi) is 5.34. The lowest BCUT2D eigenvalue weighted by molar-refractivity contribution is 0.238. The monoisotopic (exact) mass is 390 g/mol. The smallest absolute Gasteiger partial charge is 0.319 e. The minimum Gasteiger partial charge on any atom is -0.335 e. The van der Waals surface area contributed by atoms with E-state index in [4.69, 9.17) is 4.52 Å². The molecule has 1 atom stereocenters. The quantitative estimate of drug-likeness (QED) is 0.638. The fraction of sp³-hybridized carbons (Fsp3) is 0.348.